The van der Waals surface area contributed by atoms with Gasteiger partial charge in [-0.2, -0.15) is 11.8 Å². The van der Waals surface area contributed by atoms with Gasteiger partial charge in [-0.15, -0.1) is 0 Å². The molecule has 0 saturated heterocycles. The molecule has 0 spiro atoms. The standard InChI is InChI=1S/C12H19FN2O2S2/c1-9(8-18-3)15-19(16,17)12-6-11(13)5-4-10(12)7-14-2/h4-6,9,14-15H,7-8H2,1-3H3. The molecule has 1 rings (SSSR count). The highest BCUT2D eigenvalue weighted by atomic mass is 32.2. The van der Waals surface area contributed by atoms with Gasteiger partial charge in [-0.05, 0) is 37.9 Å². The van der Waals surface area contributed by atoms with Crippen LogP contribution in [0.2, 0.25) is 0 Å². The number of benzene rings is 1. The van der Waals surface area contributed by atoms with E-state index in [4.69, 9.17) is 0 Å². The van der Waals surface area contributed by atoms with Crippen molar-refractivity contribution in [2.75, 3.05) is 19.1 Å². The van der Waals surface area contributed by atoms with Crippen LogP contribution in [0.1, 0.15) is 12.5 Å². The summed E-state index contributed by atoms with van der Waals surface area (Å²) in [6, 6.07) is 3.60. The lowest BCUT2D eigenvalue weighted by molar-refractivity contribution is 0.565. The summed E-state index contributed by atoms with van der Waals surface area (Å²) >= 11 is 1.55. The first-order chi connectivity index (χ1) is 8.90. The Hall–Kier alpha value is -0.630. The van der Waals surface area contributed by atoms with Crippen LogP contribution >= 0.6 is 11.8 Å². The summed E-state index contributed by atoms with van der Waals surface area (Å²) in [5.74, 6) is 0.105. The van der Waals surface area contributed by atoms with Crippen molar-refractivity contribution in [3.8, 4) is 0 Å². The van der Waals surface area contributed by atoms with Crippen LogP contribution in [-0.4, -0.2) is 33.5 Å². The lowest BCUT2D eigenvalue weighted by Crippen LogP contribution is -2.35. The van der Waals surface area contributed by atoms with E-state index in [1.807, 2.05) is 6.26 Å². The number of halogens is 1. The van der Waals surface area contributed by atoms with Gasteiger partial charge in [0.1, 0.15) is 5.82 Å². The number of thioether (sulfide) groups is 1. The molecule has 4 nitrogen and oxygen atoms in total. The Morgan fingerprint density at radius 2 is 2.11 bits per heavy atom. The molecule has 108 valence electrons. The van der Waals surface area contributed by atoms with Crippen LogP contribution in [0, 0.1) is 5.82 Å². The van der Waals surface area contributed by atoms with E-state index in [-0.39, 0.29) is 10.9 Å². The van der Waals surface area contributed by atoms with Gasteiger partial charge in [0.2, 0.25) is 10.0 Å². The van der Waals surface area contributed by atoms with Crippen molar-refractivity contribution >= 4 is 21.8 Å². The molecular weight excluding hydrogens is 287 g/mol. The van der Waals surface area contributed by atoms with Crippen molar-refractivity contribution in [2.45, 2.75) is 24.4 Å². The van der Waals surface area contributed by atoms with E-state index in [9.17, 15) is 12.8 Å². The molecule has 7 heteroatoms. The summed E-state index contributed by atoms with van der Waals surface area (Å²) in [5, 5.41) is 2.88. The van der Waals surface area contributed by atoms with Crippen molar-refractivity contribution in [3.05, 3.63) is 29.6 Å². The van der Waals surface area contributed by atoms with E-state index in [2.05, 4.69) is 10.0 Å². The minimum atomic E-state index is -3.70. The summed E-state index contributed by atoms with van der Waals surface area (Å²) in [5.41, 5.74) is 0.549. The monoisotopic (exact) mass is 306 g/mol. The molecule has 0 amide bonds. The quantitative estimate of drug-likeness (QED) is 0.803. The van der Waals surface area contributed by atoms with Crippen LogP contribution in [0.25, 0.3) is 0 Å². The smallest absolute Gasteiger partial charge is 0.241 e. The third-order valence-corrected chi connectivity index (χ3v) is 4.96. The van der Waals surface area contributed by atoms with Gasteiger partial charge in [0.05, 0.1) is 4.90 Å². The van der Waals surface area contributed by atoms with Gasteiger partial charge in [-0.25, -0.2) is 17.5 Å². The molecule has 1 aromatic rings. The minimum absolute atomic E-state index is 0.00481. The molecule has 0 radical (unpaired) electrons. The largest absolute Gasteiger partial charge is 0.316 e. The topological polar surface area (TPSA) is 58.2 Å². The minimum Gasteiger partial charge on any atom is -0.316 e. The maximum atomic E-state index is 13.3. The number of sulfonamides is 1. The molecule has 2 N–H and O–H groups in total. The van der Waals surface area contributed by atoms with Gasteiger partial charge < -0.3 is 5.32 Å². The Morgan fingerprint density at radius 1 is 1.42 bits per heavy atom. The fraction of sp³-hybridized carbons (Fsp3) is 0.500. The van der Waals surface area contributed by atoms with Crippen molar-refractivity contribution in [3.63, 3.8) is 0 Å². The normalized spacial score (nSPS) is 13.5. The maximum absolute atomic E-state index is 13.3. The van der Waals surface area contributed by atoms with Crippen molar-refractivity contribution < 1.29 is 12.8 Å². The highest BCUT2D eigenvalue weighted by molar-refractivity contribution is 7.98. The molecule has 0 heterocycles. The van der Waals surface area contributed by atoms with Gasteiger partial charge in [-0.3, -0.25) is 0 Å². The van der Waals surface area contributed by atoms with Gasteiger partial charge in [-0.1, -0.05) is 6.07 Å². The summed E-state index contributed by atoms with van der Waals surface area (Å²) in [6.45, 7) is 2.15. The van der Waals surface area contributed by atoms with Crippen LogP contribution in [-0.2, 0) is 16.6 Å². The van der Waals surface area contributed by atoms with E-state index in [0.29, 0.717) is 17.9 Å². The number of hydrogen-bond donors (Lipinski definition) is 2. The van der Waals surface area contributed by atoms with E-state index >= 15 is 0 Å². The lowest BCUT2D eigenvalue weighted by Gasteiger charge is -2.15. The molecule has 1 atom stereocenters. The zero-order valence-electron chi connectivity index (χ0n) is 11.2. The Balaban J connectivity index is 3.08. The first-order valence-corrected chi connectivity index (χ1v) is 8.72. The highest BCUT2D eigenvalue weighted by Crippen LogP contribution is 2.18. The highest BCUT2D eigenvalue weighted by Gasteiger charge is 2.21. The van der Waals surface area contributed by atoms with E-state index in [0.717, 1.165) is 6.07 Å². The Bertz CT molecular complexity index is 520. The molecule has 1 aromatic carbocycles. The van der Waals surface area contributed by atoms with Gasteiger partial charge in [0.15, 0.2) is 0 Å². The molecule has 0 saturated carbocycles. The first-order valence-electron chi connectivity index (χ1n) is 5.85. The third-order valence-electron chi connectivity index (χ3n) is 2.46. The van der Waals surface area contributed by atoms with E-state index in [1.165, 1.54) is 12.1 Å². The van der Waals surface area contributed by atoms with Crippen LogP contribution in [0.15, 0.2) is 23.1 Å². The fourth-order valence-electron chi connectivity index (χ4n) is 1.73. The molecule has 0 aliphatic rings. The molecule has 19 heavy (non-hydrogen) atoms. The van der Waals surface area contributed by atoms with Crippen LogP contribution in [0.3, 0.4) is 0 Å². The van der Waals surface area contributed by atoms with Crippen LogP contribution in [0.4, 0.5) is 4.39 Å². The second-order valence-corrected chi connectivity index (χ2v) is 6.85. The third kappa shape index (κ3) is 4.76. The first kappa shape index (κ1) is 16.4. The summed E-state index contributed by atoms with van der Waals surface area (Å²) in [4.78, 5) is -0.00481. The average molecular weight is 306 g/mol. The van der Waals surface area contributed by atoms with Gasteiger partial charge >= 0.3 is 0 Å². The van der Waals surface area contributed by atoms with Crippen molar-refractivity contribution in [1.82, 2.24) is 10.0 Å². The van der Waals surface area contributed by atoms with Gasteiger partial charge in [0, 0.05) is 18.3 Å². The van der Waals surface area contributed by atoms with Crippen LogP contribution in [0.5, 0.6) is 0 Å². The lowest BCUT2D eigenvalue weighted by atomic mass is 10.2. The zero-order chi connectivity index (χ0) is 14.5. The fourth-order valence-corrected chi connectivity index (χ4v) is 3.91. The molecule has 0 aromatic heterocycles. The number of hydrogen-bond acceptors (Lipinski definition) is 4. The van der Waals surface area contributed by atoms with E-state index < -0.39 is 15.8 Å². The Kier molecular flexibility index (Phi) is 6.25. The average Bonchev–Trinajstić information content (AvgIpc) is 2.31. The molecular formula is C12H19FN2O2S2. The number of rotatable bonds is 7. The molecule has 0 fully saturated rings. The van der Waals surface area contributed by atoms with E-state index in [1.54, 1.807) is 25.7 Å². The SMILES string of the molecule is CNCc1ccc(F)cc1S(=O)(=O)NC(C)CSC. The Morgan fingerprint density at radius 3 is 2.68 bits per heavy atom. The second kappa shape index (κ2) is 7.23. The zero-order valence-corrected chi connectivity index (χ0v) is 12.9. The van der Waals surface area contributed by atoms with Crippen molar-refractivity contribution in [1.29, 1.82) is 0 Å². The summed E-state index contributed by atoms with van der Waals surface area (Å²) < 4.78 is 40.3. The molecule has 0 bridgehead atoms. The predicted octanol–water partition coefficient (Wildman–Crippen LogP) is 1.57. The van der Waals surface area contributed by atoms with Gasteiger partial charge in [0.25, 0.3) is 0 Å². The number of nitrogens with one attached hydrogen (secondary N) is 2. The second-order valence-electron chi connectivity index (χ2n) is 4.26. The Labute approximate surface area is 118 Å². The summed E-state index contributed by atoms with van der Waals surface area (Å²) in [6.07, 6.45) is 1.90. The predicted molar refractivity (Wildman–Crippen MR) is 77.3 cm³/mol. The van der Waals surface area contributed by atoms with Crippen LogP contribution < -0.4 is 10.0 Å². The molecule has 0 aliphatic carbocycles. The summed E-state index contributed by atoms with van der Waals surface area (Å²) in [7, 11) is -1.99. The maximum Gasteiger partial charge on any atom is 0.241 e. The van der Waals surface area contributed by atoms with Crippen molar-refractivity contribution in [2.24, 2.45) is 0 Å². The molecule has 1 unspecified atom stereocenters. The molecule has 0 aliphatic heterocycles.